The van der Waals surface area contributed by atoms with Crippen LogP contribution in [0.25, 0.3) is 0 Å². The van der Waals surface area contributed by atoms with Crippen LogP contribution >= 0.6 is 0 Å². The fourth-order valence-electron chi connectivity index (χ4n) is 2.37. The van der Waals surface area contributed by atoms with Gasteiger partial charge in [-0.1, -0.05) is 6.07 Å². The van der Waals surface area contributed by atoms with Crippen LogP contribution in [0.15, 0.2) is 30.6 Å². The summed E-state index contributed by atoms with van der Waals surface area (Å²) in [6.45, 7) is 0.639. The van der Waals surface area contributed by atoms with Gasteiger partial charge in [-0.2, -0.15) is 10.4 Å². The lowest BCUT2D eigenvalue weighted by molar-refractivity contribution is -0.117. The third-order valence-electron chi connectivity index (χ3n) is 3.39. The van der Waals surface area contributed by atoms with Gasteiger partial charge in [0.15, 0.2) is 0 Å². The molecule has 1 atom stereocenters. The molecule has 2 aromatic rings. The lowest BCUT2D eigenvalue weighted by Crippen LogP contribution is -2.33. The van der Waals surface area contributed by atoms with E-state index in [4.69, 9.17) is 5.26 Å². The van der Waals surface area contributed by atoms with E-state index in [9.17, 15) is 4.79 Å². The number of nitriles is 1. The maximum absolute atomic E-state index is 12.4. The lowest BCUT2D eigenvalue weighted by Gasteiger charge is -2.15. The number of hydrogen-bond acceptors (Lipinski definition) is 5. The number of nitrogens with zero attached hydrogens (tertiary/aromatic N) is 5. The van der Waals surface area contributed by atoms with Gasteiger partial charge in [-0.15, -0.1) is 0 Å². The molecule has 1 amide bonds. The van der Waals surface area contributed by atoms with Crippen molar-refractivity contribution >= 4 is 17.4 Å². The predicted octanol–water partition coefficient (Wildman–Crippen LogP) is 0.904. The molecule has 0 bridgehead atoms. The van der Waals surface area contributed by atoms with E-state index in [1.54, 1.807) is 34.0 Å². The van der Waals surface area contributed by atoms with Gasteiger partial charge in [0.2, 0.25) is 5.91 Å². The summed E-state index contributed by atoms with van der Waals surface area (Å²) in [5, 5.41) is 16.0. The second kappa shape index (κ2) is 5.25. The highest BCUT2D eigenvalue weighted by Crippen LogP contribution is 2.22. The number of rotatable bonds is 3. The third kappa shape index (κ3) is 2.56. The van der Waals surface area contributed by atoms with E-state index >= 15 is 0 Å². The van der Waals surface area contributed by atoms with Crippen LogP contribution in [0.2, 0.25) is 0 Å². The van der Waals surface area contributed by atoms with Gasteiger partial charge >= 0.3 is 0 Å². The minimum Gasteiger partial charge on any atom is -0.358 e. The summed E-state index contributed by atoms with van der Waals surface area (Å²) in [5.41, 5.74) is 1.13. The van der Waals surface area contributed by atoms with Crippen LogP contribution in [0.1, 0.15) is 12.1 Å². The maximum atomic E-state index is 12.4. The molecule has 1 saturated heterocycles. The van der Waals surface area contributed by atoms with Gasteiger partial charge in [-0.3, -0.25) is 9.48 Å². The predicted molar refractivity (Wildman–Crippen MR) is 76.5 cm³/mol. The summed E-state index contributed by atoms with van der Waals surface area (Å²) in [5.74, 6) is 0.535. The Morgan fingerprint density at radius 3 is 3.05 bits per heavy atom. The van der Waals surface area contributed by atoms with Gasteiger partial charge in [0.05, 0.1) is 11.9 Å². The van der Waals surface area contributed by atoms with Gasteiger partial charge in [-0.05, 0) is 18.6 Å². The van der Waals surface area contributed by atoms with E-state index in [0.717, 1.165) is 5.69 Å². The van der Waals surface area contributed by atoms with Gasteiger partial charge < -0.3 is 10.2 Å². The topological polar surface area (TPSA) is 86.8 Å². The Labute approximate surface area is 121 Å². The highest BCUT2D eigenvalue weighted by Gasteiger charge is 2.33. The van der Waals surface area contributed by atoms with Gasteiger partial charge in [0.1, 0.15) is 23.6 Å². The van der Waals surface area contributed by atoms with E-state index in [0.29, 0.717) is 24.5 Å². The van der Waals surface area contributed by atoms with Crippen LogP contribution < -0.4 is 10.2 Å². The molecule has 7 heteroatoms. The normalized spacial score (nSPS) is 17.8. The molecule has 21 heavy (non-hydrogen) atoms. The average molecular weight is 282 g/mol. The molecule has 0 saturated carbocycles. The minimum absolute atomic E-state index is 0.00726. The van der Waals surface area contributed by atoms with E-state index in [-0.39, 0.29) is 11.9 Å². The molecular weight excluding hydrogens is 268 g/mol. The zero-order valence-corrected chi connectivity index (χ0v) is 11.5. The Kier molecular flexibility index (Phi) is 3.28. The molecule has 0 aromatic carbocycles. The molecule has 1 N–H and O–H groups in total. The van der Waals surface area contributed by atoms with Crippen molar-refractivity contribution in [3.8, 4) is 6.07 Å². The zero-order valence-electron chi connectivity index (χ0n) is 11.5. The van der Waals surface area contributed by atoms with Crippen LogP contribution in [-0.2, 0) is 11.8 Å². The summed E-state index contributed by atoms with van der Waals surface area (Å²) in [4.78, 5) is 18.2. The van der Waals surface area contributed by atoms with Crippen LogP contribution in [0, 0.1) is 11.3 Å². The first-order valence-electron chi connectivity index (χ1n) is 6.61. The second-order valence-electron chi connectivity index (χ2n) is 4.87. The molecule has 3 rings (SSSR count). The van der Waals surface area contributed by atoms with Crippen molar-refractivity contribution in [2.24, 2.45) is 7.05 Å². The van der Waals surface area contributed by atoms with Crippen LogP contribution in [0.3, 0.4) is 0 Å². The minimum atomic E-state index is -0.327. The number of aromatic nitrogens is 3. The molecule has 1 fully saturated rings. The number of pyridine rings is 1. The molecule has 1 aliphatic rings. The highest BCUT2D eigenvalue weighted by atomic mass is 16.2. The number of carbonyl (C=O) groups excluding carboxylic acids is 1. The first-order chi connectivity index (χ1) is 10.2. The van der Waals surface area contributed by atoms with E-state index in [1.807, 2.05) is 19.3 Å². The fourth-order valence-corrected chi connectivity index (χ4v) is 2.37. The number of anilines is 2. The highest BCUT2D eigenvalue weighted by molar-refractivity contribution is 6.00. The molecule has 1 aliphatic heterocycles. The standard InChI is InChI=1S/C14H14N6O/c1-19-9-11(8-16-19)20-6-5-12(14(20)21)18-13-4-2-3-10(7-15)17-13/h2-4,8-9,12H,5-6H2,1H3,(H,17,18). The molecule has 3 heterocycles. The zero-order chi connectivity index (χ0) is 14.8. The number of amides is 1. The maximum Gasteiger partial charge on any atom is 0.249 e. The largest absolute Gasteiger partial charge is 0.358 e. The Balaban J connectivity index is 1.73. The van der Waals surface area contributed by atoms with E-state index in [2.05, 4.69) is 15.4 Å². The fraction of sp³-hybridized carbons (Fsp3) is 0.286. The Morgan fingerprint density at radius 2 is 2.33 bits per heavy atom. The summed E-state index contributed by atoms with van der Waals surface area (Å²) in [6.07, 6.45) is 4.18. The molecule has 0 spiro atoms. The summed E-state index contributed by atoms with van der Waals surface area (Å²) < 4.78 is 1.67. The van der Waals surface area contributed by atoms with Crippen LogP contribution in [0.4, 0.5) is 11.5 Å². The van der Waals surface area contributed by atoms with Gasteiger partial charge in [0.25, 0.3) is 0 Å². The number of aryl methyl sites for hydroxylation is 1. The molecule has 0 aliphatic carbocycles. The van der Waals surface area contributed by atoms with Crippen molar-refractivity contribution in [1.82, 2.24) is 14.8 Å². The van der Waals surface area contributed by atoms with Crippen LogP contribution in [-0.4, -0.2) is 33.3 Å². The summed E-state index contributed by atoms with van der Waals surface area (Å²) in [7, 11) is 1.82. The SMILES string of the molecule is Cn1cc(N2CCC(Nc3cccc(C#N)n3)C2=O)cn1. The first-order valence-corrected chi connectivity index (χ1v) is 6.61. The number of hydrogen-bond donors (Lipinski definition) is 1. The molecule has 2 aromatic heterocycles. The first kappa shape index (κ1) is 13.1. The van der Waals surface area contributed by atoms with Crippen LogP contribution in [0.5, 0.6) is 0 Å². The quantitative estimate of drug-likeness (QED) is 0.904. The lowest BCUT2D eigenvalue weighted by atomic mass is 10.2. The van der Waals surface area contributed by atoms with Crippen molar-refractivity contribution in [2.75, 3.05) is 16.8 Å². The van der Waals surface area contributed by atoms with Crippen molar-refractivity contribution < 1.29 is 4.79 Å². The van der Waals surface area contributed by atoms with Gasteiger partial charge in [-0.25, -0.2) is 4.98 Å². The van der Waals surface area contributed by atoms with E-state index < -0.39 is 0 Å². The number of carbonyl (C=O) groups is 1. The molecule has 7 nitrogen and oxygen atoms in total. The molecular formula is C14H14N6O. The van der Waals surface area contributed by atoms with Crippen molar-refractivity contribution in [2.45, 2.75) is 12.5 Å². The smallest absolute Gasteiger partial charge is 0.249 e. The summed E-state index contributed by atoms with van der Waals surface area (Å²) >= 11 is 0. The van der Waals surface area contributed by atoms with Crippen molar-refractivity contribution in [1.29, 1.82) is 5.26 Å². The second-order valence-corrected chi connectivity index (χ2v) is 4.87. The Bertz CT molecular complexity index is 716. The van der Waals surface area contributed by atoms with Gasteiger partial charge in [0, 0.05) is 19.8 Å². The summed E-state index contributed by atoms with van der Waals surface area (Å²) in [6, 6.07) is 6.78. The third-order valence-corrected chi connectivity index (χ3v) is 3.39. The molecule has 106 valence electrons. The van der Waals surface area contributed by atoms with Crippen molar-refractivity contribution in [3.05, 3.63) is 36.3 Å². The van der Waals surface area contributed by atoms with Crippen molar-refractivity contribution in [3.63, 3.8) is 0 Å². The number of nitrogens with one attached hydrogen (secondary N) is 1. The average Bonchev–Trinajstić information content (AvgIpc) is 3.06. The molecule has 0 radical (unpaired) electrons. The monoisotopic (exact) mass is 282 g/mol. The Hall–Kier alpha value is -2.88. The van der Waals surface area contributed by atoms with E-state index in [1.165, 1.54) is 0 Å². The Morgan fingerprint density at radius 1 is 1.48 bits per heavy atom. The molecule has 1 unspecified atom stereocenters.